The molecule has 0 saturated carbocycles. The third-order valence-electron chi connectivity index (χ3n) is 4.78. The lowest BCUT2D eigenvalue weighted by Crippen LogP contribution is -2.10. The summed E-state index contributed by atoms with van der Waals surface area (Å²) < 4.78 is 4.64. The van der Waals surface area contributed by atoms with E-state index < -0.39 is 5.97 Å². The van der Waals surface area contributed by atoms with E-state index in [0.717, 1.165) is 25.7 Å². The molecule has 0 bridgehead atoms. The summed E-state index contributed by atoms with van der Waals surface area (Å²) in [5, 5.41) is 9.46. The number of esters is 1. The molecular formula is C22H36O4. The Bertz CT molecular complexity index is 477. The number of unbranched alkanes of at least 4 members (excludes halogenated alkanes) is 11. The van der Waals surface area contributed by atoms with Crippen LogP contribution >= 0.6 is 0 Å². The Morgan fingerprint density at radius 1 is 0.923 bits per heavy atom. The molecule has 1 rings (SSSR count). The second-order valence-corrected chi connectivity index (χ2v) is 7.16. The maximum Gasteiger partial charge on any atom is 0.345 e. The van der Waals surface area contributed by atoms with Crippen molar-refractivity contribution in [1.82, 2.24) is 0 Å². The predicted octanol–water partition coefficient (Wildman–Crippen LogP) is 5.96. The van der Waals surface area contributed by atoms with Crippen molar-refractivity contribution in [3.8, 4) is 0 Å². The van der Waals surface area contributed by atoms with Gasteiger partial charge in [0.15, 0.2) is 5.78 Å². The van der Waals surface area contributed by atoms with Gasteiger partial charge in [-0.05, 0) is 32.1 Å². The van der Waals surface area contributed by atoms with Crippen molar-refractivity contribution >= 4 is 11.8 Å². The summed E-state index contributed by atoms with van der Waals surface area (Å²) in [5.74, 6) is -1.18. The molecule has 0 aromatic heterocycles. The third-order valence-corrected chi connectivity index (χ3v) is 4.78. The maximum absolute atomic E-state index is 11.9. The fourth-order valence-corrected chi connectivity index (χ4v) is 3.15. The molecule has 0 aromatic carbocycles. The van der Waals surface area contributed by atoms with Gasteiger partial charge in [-0.1, -0.05) is 70.4 Å². The average molecular weight is 365 g/mol. The molecule has 4 nitrogen and oxygen atoms in total. The topological polar surface area (TPSA) is 63.6 Å². The molecule has 0 aromatic rings. The summed E-state index contributed by atoms with van der Waals surface area (Å²) in [7, 11) is 0. The zero-order chi connectivity index (χ0) is 19.0. The van der Waals surface area contributed by atoms with Crippen molar-refractivity contribution in [2.75, 3.05) is 6.61 Å². The number of hydrogen-bond acceptors (Lipinski definition) is 4. The number of aliphatic hydroxyl groups excluding tert-OH is 1. The summed E-state index contributed by atoms with van der Waals surface area (Å²) >= 11 is 0. The van der Waals surface area contributed by atoms with Crippen molar-refractivity contribution in [3.63, 3.8) is 0 Å². The molecular weight excluding hydrogens is 328 g/mol. The predicted molar refractivity (Wildman–Crippen MR) is 105 cm³/mol. The lowest BCUT2D eigenvalue weighted by molar-refractivity contribution is -0.137. The number of carbonyl (C=O) groups is 2. The summed E-state index contributed by atoms with van der Waals surface area (Å²) in [6, 6.07) is 0. The molecule has 1 N–H and O–H groups in total. The quantitative estimate of drug-likeness (QED) is 0.159. The molecule has 1 aliphatic heterocycles. The Kier molecular flexibility index (Phi) is 12.6. The standard InChI is InChI=1S/C22H36O4/c1-2-3-4-5-6-7-8-9-10-11-12-13-14-15-16-17-19(23)21-20(24)18-26-22(21)25/h9-10,24H,2-8,11-18H2,1H3/b10-9+. The van der Waals surface area contributed by atoms with Crippen LogP contribution in [-0.4, -0.2) is 23.5 Å². The van der Waals surface area contributed by atoms with Crippen molar-refractivity contribution in [1.29, 1.82) is 0 Å². The van der Waals surface area contributed by atoms with Gasteiger partial charge in [0.05, 0.1) is 0 Å². The Balaban J connectivity index is 1.89. The van der Waals surface area contributed by atoms with E-state index in [9.17, 15) is 14.7 Å². The van der Waals surface area contributed by atoms with Gasteiger partial charge in [0.25, 0.3) is 0 Å². The number of hydrogen-bond donors (Lipinski definition) is 1. The summed E-state index contributed by atoms with van der Waals surface area (Å²) in [6.07, 6.45) is 20.6. The Morgan fingerprint density at radius 2 is 1.46 bits per heavy atom. The maximum atomic E-state index is 11.9. The van der Waals surface area contributed by atoms with Gasteiger partial charge >= 0.3 is 5.97 Å². The fraction of sp³-hybridized carbons (Fsp3) is 0.727. The first kappa shape index (κ1) is 22.5. The van der Waals surface area contributed by atoms with E-state index in [-0.39, 0.29) is 23.7 Å². The summed E-state index contributed by atoms with van der Waals surface area (Å²) in [4.78, 5) is 23.2. The first-order valence-corrected chi connectivity index (χ1v) is 10.4. The van der Waals surface area contributed by atoms with E-state index >= 15 is 0 Å². The van der Waals surface area contributed by atoms with Crippen molar-refractivity contribution in [2.24, 2.45) is 0 Å². The zero-order valence-electron chi connectivity index (χ0n) is 16.4. The number of carbonyl (C=O) groups excluding carboxylic acids is 2. The molecule has 26 heavy (non-hydrogen) atoms. The van der Waals surface area contributed by atoms with E-state index in [4.69, 9.17) is 0 Å². The highest BCUT2D eigenvalue weighted by atomic mass is 16.5. The lowest BCUT2D eigenvalue weighted by atomic mass is 10.0. The van der Waals surface area contributed by atoms with Crippen LogP contribution in [0.5, 0.6) is 0 Å². The summed E-state index contributed by atoms with van der Waals surface area (Å²) in [6.45, 7) is 2.09. The Morgan fingerprint density at radius 3 is 2.00 bits per heavy atom. The van der Waals surface area contributed by atoms with Gasteiger partial charge in [-0.15, -0.1) is 0 Å². The second kappa shape index (κ2) is 14.6. The summed E-state index contributed by atoms with van der Waals surface area (Å²) in [5.41, 5.74) is -0.138. The molecule has 0 atom stereocenters. The van der Waals surface area contributed by atoms with Crippen molar-refractivity contribution in [3.05, 3.63) is 23.5 Å². The molecule has 148 valence electrons. The van der Waals surface area contributed by atoms with E-state index in [0.29, 0.717) is 6.42 Å². The van der Waals surface area contributed by atoms with Gasteiger partial charge < -0.3 is 9.84 Å². The van der Waals surface area contributed by atoms with Gasteiger partial charge in [0.1, 0.15) is 17.9 Å². The van der Waals surface area contributed by atoms with Crippen LogP contribution in [0, 0.1) is 0 Å². The van der Waals surface area contributed by atoms with Crippen LogP contribution in [0.1, 0.15) is 96.8 Å². The van der Waals surface area contributed by atoms with Gasteiger partial charge in [0.2, 0.25) is 0 Å². The number of allylic oxidation sites excluding steroid dienone is 2. The highest BCUT2D eigenvalue weighted by Crippen LogP contribution is 2.18. The van der Waals surface area contributed by atoms with Gasteiger partial charge in [-0.25, -0.2) is 4.79 Å². The van der Waals surface area contributed by atoms with E-state index in [1.54, 1.807) is 0 Å². The van der Waals surface area contributed by atoms with Gasteiger partial charge in [-0.2, -0.15) is 0 Å². The molecule has 0 fully saturated rings. The van der Waals surface area contributed by atoms with E-state index in [2.05, 4.69) is 23.8 Å². The minimum Gasteiger partial charge on any atom is -0.508 e. The molecule has 0 amide bonds. The minimum absolute atomic E-state index is 0.138. The largest absolute Gasteiger partial charge is 0.508 e. The number of aliphatic hydroxyl groups is 1. The van der Waals surface area contributed by atoms with Crippen molar-refractivity contribution < 1.29 is 19.4 Å². The highest BCUT2D eigenvalue weighted by molar-refractivity contribution is 6.18. The fourth-order valence-electron chi connectivity index (χ4n) is 3.15. The molecule has 4 heteroatoms. The molecule has 0 unspecified atom stereocenters. The number of Topliss-reactive ketones (excluding diaryl/α,β-unsaturated/α-hetero) is 1. The first-order valence-electron chi connectivity index (χ1n) is 10.4. The normalized spacial score (nSPS) is 14.4. The lowest BCUT2D eigenvalue weighted by Gasteiger charge is -2.01. The molecule has 1 heterocycles. The number of ketones is 1. The third kappa shape index (κ3) is 9.79. The molecule has 0 aliphatic carbocycles. The monoisotopic (exact) mass is 364 g/mol. The van der Waals surface area contributed by atoms with E-state index in [1.165, 1.54) is 57.8 Å². The Labute approximate surface area is 158 Å². The van der Waals surface area contributed by atoms with Gasteiger partial charge in [0, 0.05) is 6.42 Å². The van der Waals surface area contributed by atoms with Crippen LogP contribution in [0.4, 0.5) is 0 Å². The average Bonchev–Trinajstić information content (AvgIpc) is 2.96. The number of cyclic esters (lactones) is 1. The smallest absolute Gasteiger partial charge is 0.345 e. The van der Waals surface area contributed by atoms with Gasteiger partial charge in [-0.3, -0.25) is 4.79 Å². The SMILES string of the molecule is CCCCCCCC/C=C/CCCCCCCC(=O)C1=C(O)COC1=O. The molecule has 0 spiro atoms. The highest BCUT2D eigenvalue weighted by Gasteiger charge is 2.29. The Hall–Kier alpha value is -1.58. The minimum atomic E-state index is -0.680. The first-order chi connectivity index (χ1) is 12.7. The van der Waals surface area contributed by atoms with Crippen LogP contribution in [-0.2, 0) is 14.3 Å². The van der Waals surface area contributed by atoms with Crippen LogP contribution in [0.25, 0.3) is 0 Å². The second-order valence-electron chi connectivity index (χ2n) is 7.16. The van der Waals surface area contributed by atoms with Crippen LogP contribution in [0.2, 0.25) is 0 Å². The van der Waals surface area contributed by atoms with Crippen LogP contribution in [0.3, 0.4) is 0 Å². The molecule has 0 saturated heterocycles. The van der Waals surface area contributed by atoms with Crippen molar-refractivity contribution in [2.45, 2.75) is 96.8 Å². The number of rotatable bonds is 16. The zero-order valence-corrected chi connectivity index (χ0v) is 16.4. The van der Waals surface area contributed by atoms with Crippen LogP contribution < -0.4 is 0 Å². The molecule has 0 radical (unpaired) electrons. The molecule has 1 aliphatic rings. The van der Waals surface area contributed by atoms with E-state index in [1.807, 2.05) is 0 Å². The van der Waals surface area contributed by atoms with Crippen LogP contribution in [0.15, 0.2) is 23.5 Å². The number of ether oxygens (including phenoxy) is 1.